The molecule has 1 saturated heterocycles. The lowest BCUT2D eigenvalue weighted by Crippen LogP contribution is -2.61. The highest BCUT2D eigenvalue weighted by Gasteiger charge is 2.34. The molecule has 0 radical (unpaired) electrons. The maximum atomic E-state index is 5.35. The topological polar surface area (TPSA) is 15.3 Å². The van der Waals surface area contributed by atoms with Gasteiger partial charge >= 0.3 is 0 Å². The molecule has 0 bridgehead atoms. The molecule has 0 saturated carbocycles. The van der Waals surface area contributed by atoms with Gasteiger partial charge in [0.2, 0.25) is 0 Å². The third kappa shape index (κ3) is 4.30. The van der Waals surface area contributed by atoms with Gasteiger partial charge in [-0.1, -0.05) is 34.6 Å². The molecule has 18 heavy (non-hydrogen) atoms. The monoisotopic (exact) mass is 250 g/mol. The molecule has 0 aliphatic carbocycles. The minimum absolute atomic E-state index is 0.326. The van der Waals surface area contributed by atoms with Crippen LogP contribution in [0.25, 0.3) is 0 Å². The van der Waals surface area contributed by atoms with E-state index in [-0.39, 0.29) is 0 Å². The molecule has 104 valence electrons. The first-order valence-electron chi connectivity index (χ1n) is 7.27. The number of hydrogen-bond acceptors (Lipinski definition) is 2. The van der Waals surface area contributed by atoms with E-state index < -0.39 is 0 Å². The van der Waals surface area contributed by atoms with Crippen LogP contribution < -0.4 is 5.32 Å². The van der Waals surface area contributed by atoms with E-state index in [0.717, 1.165) is 32.5 Å². The molecular weight excluding hydrogens is 220 g/mol. The molecule has 2 atom stereocenters. The molecule has 0 aromatic rings. The first kappa shape index (κ1) is 15.5. The summed E-state index contributed by atoms with van der Waals surface area (Å²) < 4.78 is 0. The van der Waals surface area contributed by atoms with Crippen LogP contribution in [0.1, 0.15) is 47.5 Å². The summed E-state index contributed by atoms with van der Waals surface area (Å²) in [5.41, 5.74) is 0.326. The summed E-state index contributed by atoms with van der Waals surface area (Å²) in [5.74, 6) is 3.45. The maximum Gasteiger partial charge on any atom is 0.0244 e. The normalized spacial score (nSPS) is 26.3. The summed E-state index contributed by atoms with van der Waals surface area (Å²) in [7, 11) is 0. The molecule has 2 nitrogen and oxygen atoms in total. The van der Waals surface area contributed by atoms with E-state index in [1.54, 1.807) is 0 Å². The van der Waals surface area contributed by atoms with Crippen LogP contribution in [-0.4, -0.2) is 36.6 Å². The first-order valence-corrected chi connectivity index (χ1v) is 7.27. The van der Waals surface area contributed by atoms with Gasteiger partial charge in [-0.25, -0.2) is 0 Å². The molecule has 0 aromatic heterocycles. The summed E-state index contributed by atoms with van der Waals surface area (Å²) in [6.45, 7) is 15.0. The van der Waals surface area contributed by atoms with Gasteiger partial charge in [0.1, 0.15) is 0 Å². The fourth-order valence-electron chi connectivity index (χ4n) is 2.71. The summed E-state index contributed by atoms with van der Waals surface area (Å²) in [4.78, 5) is 2.65. The van der Waals surface area contributed by atoms with E-state index in [1.807, 2.05) is 0 Å². The van der Waals surface area contributed by atoms with Crippen molar-refractivity contribution in [1.82, 2.24) is 10.2 Å². The van der Waals surface area contributed by atoms with Crippen LogP contribution in [0.15, 0.2) is 0 Å². The standard InChI is InChI=1S/C16H30N2/c1-7-8-9-10-18-12-15(16(4,5)6)17-11-14(18)13(2)3/h1,13-15,17H,8-12H2,2-6H3. The molecule has 1 fully saturated rings. The number of terminal acetylenes is 1. The molecular formula is C16H30N2. The van der Waals surface area contributed by atoms with Crippen LogP contribution in [-0.2, 0) is 0 Å². The van der Waals surface area contributed by atoms with Gasteiger partial charge in [0.05, 0.1) is 0 Å². The number of unbranched alkanes of at least 4 members (excludes halogenated alkanes) is 1. The van der Waals surface area contributed by atoms with Gasteiger partial charge in [0.15, 0.2) is 0 Å². The molecule has 1 N–H and O–H groups in total. The second-order valence-electron chi connectivity index (χ2n) is 6.94. The highest BCUT2D eigenvalue weighted by atomic mass is 15.2. The van der Waals surface area contributed by atoms with Crippen LogP contribution in [0.2, 0.25) is 0 Å². The van der Waals surface area contributed by atoms with Crippen molar-refractivity contribution in [3.63, 3.8) is 0 Å². The van der Waals surface area contributed by atoms with Gasteiger partial charge in [-0.05, 0) is 24.3 Å². The molecule has 0 amide bonds. The van der Waals surface area contributed by atoms with E-state index in [1.165, 1.54) is 0 Å². The summed E-state index contributed by atoms with van der Waals surface area (Å²) >= 11 is 0. The zero-order chi connectivity index (χ0) is 13.8. The summed E-state index contributed by atoms with van der Waals surface area (Å²) in [6, 6.07) is 1.24. The number of nitrogens with zero attached hydrogens (tertiary/aromatic N) is 1. The molecule has 0 aromatic carbocycles. The summed E-state index contributed by atoms with van der Waals surface area (Å²) in [6.07, 6.45) is 7.37. The van der Waals surface area contributed by atoms with E-state index in [9.17, 15) is 0 Å². The van der Waals surface area contributed by atoms with Crippen LogP contribution in [0.3, 0.4) is 0 Å². The zero-order valence-corrected chi connectivity index (χ0v) is 12.8. The van der Waals surface area contributed by atoms with Crippen molar-refractivity contribution in [3.05, 3.63) is 0 Å². The van der Waals surface area contributed by atoms with E-state index in [4.69, 9.17) is 6.42 Å². The SMILES string of the molecule is C#CCCCN1CC(C(C)(C)C)NCC1C(C)C. The predicted octanol–water partition coefficient (Wildman–Crippen LogP) is 2.74. The molecule has 1 rings (SSSR count). The molecule has 2 heteroatoms. The second kappa shape index (κ2) is 6.59. The molecule has 0 spiro atoms. The lowest BCUT2D eigenvalue weighted by molar-refractivity contribution is 0.0627. The summed E-state index contributed by atoms with van der Waals surface area (Å²) in [5, 5.41) is 3.73. The Morgan fingerprint density at radius 3 is 2.56 bits per heavy atom. The number of nitrogens with one attached hydrogen (secondary N) is 1. The van der Waals surface area contributed by atoms with Crippen LogP contribution in [0.4, 0.5) is 0 Å². The van der Waals surface area contributed by atoms with Gasteiger partial charge in [0.25, 0.3) is 0 Å². The Kier molecular flexibility index (Phi) is 5.69. The quantitative estimate of drug-likeness (QED) is 0.610. The molecule has 1 aliphatic rings. The molecule has 1 aliphatic heterocycles. The second-order valence-corrected chi connectivity index (χ2v) is 6.94. The zero-order valence-electron chi connectivity index (χ0n) is 12.8. The van der Waals surface area contributed by atoms with Gasteiger partial charge < -0.3 is 5.32 Å². The predicted molar refractivity (Wildman–Crippen MR) is 79.5 cm³/mol. The first-order chi connectivity index (χ1) is 8.36. The van der Waals surface area contributed by atoms with Gasteiger partial charge in [-0.2, -0.15) is 0 Å². The fourth-order valence-corrected chi connectivity index (χ4v) is 2.71. The van der Waals surface area contributed by atoms with Crippen molar-refractivity contribution in [1.29, 1.82) is 0 Å². The largest absolute Gasteiger partial charge is 0.311 e. The van der Waals surface area contributed by atoms with Gasteiger partial charge in [-0.15, -0.1) is 12.3 Å². The third-order valence-electron chi connectivity index (χ3n) is 4.04. The fraction of sp³-hybridized carbons (Fsp3) is 0.875. The Balaban J connectivity index is 2.62. The lowest BCUT2D eigenvalue weighted by atomic mass is 9.83. The maximum absolute atomic E-state index is 5.35. The smallest absolute Gasteiger partial charge is 0.0244 e. The van der Waals surface area contributed by atoms with Crippen LogP contribution in [0.5, 0.6) is 0 Å². The Labute approximate surface area is 114 Å². The lowest BCUT2D eigenvalue weighted by Gasteiger charge is -2.46. The average molecular weight is 250 g/mol. The average Bonchev–Trinajstić information content (AvgIpc) is 2.27. The minimum atomic E-state index is 0.326. The van der Waals surface area contributed by atoms with Crippen molar-refractivity contribution in [2.24, 2.45) is 11.3 Å². The molecule has 1 heterocycles. The van der Waals surface area contributed by atoms with E-state index in [2.05, 4.69) is 50.8 Å². The van der Waals surface area contributed by atoms with Crippen molar-refractivity contribution >= 4 is 0 Å². The number of rotatable bonds is 4. The minimum Gasteiger partial charge on any atom is -0.311 e. The van der Waals surface area contributed by atoms with E-state index in [0.29, 0.717) is 23.4 Å². The number of hydrogen-bond donors (Lipinski definition) is 1. The van der Waals surface area contributed by atoms with Crippen molar-refractivity contribution < 1.29 is 0 Å². The Morgan fingerprint density at radius 1 is 1.39 bits per heavy atom. The van der Waals surface area contributed by atoms with Crippen LogP contribution >= 0.6 is 0 Å². The van der Waals surface area contributed by atoms with Crippen molar-refractivity contribution in [2.75, 3.05) is 19.6 Å². The third-order valence-corrected chi connectivity index (χ3v) is 4.04. The van der Waals surface area contributed by atoms with Crippen LogP contribution in [0, 0.1) is 23.7 Å². The Hall–Kier alpha value is -0.520. The highest BCUT2D eigenvalue weighted by molar-refractivity contribution is 4.93. The highest BCUT2D eigenvalue weighted by Crippen LogP contribution is 2.25. The molecule has 2 unspecified atom stereocenters. The number of piperazine rings is 1. The van der Waals surface area contributed by atoms with Gasteiger partial charge in [-0.3, -0.25) is 4.90 Å². The van der Waals surface area contributed by atoms with Crippen molar-refractivity contribution in [2.45, 2.75) is 59.5 Å². The Morgan fingerprint density at radius 2 is 2.06 bits per heavy atom. The van der Waals surface area contributed by atoms with Gasteiger partial charge in [0, 0.05) is 31.6 Å². The van der Waals surface area contributed by atoms with Crippen molar-refractivity contribution in [3.8, 4) is 12.3 Å². The Bertz CT molecular complexity index is 282. The van der Waals surface area contributed by atoms with E-state index >= 15 is 0 Å².